The van der Waals surface area contributed by atoms with Crippen molar-refractivity contribution in [2.75, 3.05) is 6.61 Å². The van der Waals surface area contributed by atoms with Crippen molar-refractivity contribution in [2.24, 2.45) is 0 Å². The first-order valence-electron chi connectivity index (χ1n) is 6.53. The van der Waals surface area contributed by atoms with Crippen LogP contribution >= 0.6 is 11.6 Å². The lowest BCUT2D eigenvalue weighted by atomic mass is 9.89. The van der Waals surface area contributed by atoms with Crippen LogP contribution in [0.3, 0.4) is 0 Å². The summed E-state index contributed by atoms with van der Waals surface area (Å²) < 4.78 is 0. The van der Waals surface area contributed by atoms with E-state index in [0.29, 0.717) is 0 Å². The van der Waals surface area contributed by atoms with Crippen LogP contribution in [0.25, 0.3) is 0 Å². The fourth-order valence-corrected chi connectivity index (χ4v) is 2.57. The van der Waals surface area contributed by atoms with E-state index < -0.39 is 0 Å². The Hall–Kier alpha value is -1.31. The van der Waals surface area contributed by atoms with Gasteiger partial charge in [0.05, 0.1) is 6.61 Å². The second-order valence-electron chi connectivity index (χ2n) is 5.01. The van der Waals surface area contributed by atoms with Gasteiger partial charge in [-0.05, 0) is 54.7 Å². The highest BCUT2D eigenvalue weighted by Gasteiger charge is 2.14. The number of hydrogen-bond acceptors (Lipinski definition) is 1. The minimum absolute atomic E-state index is 0.122. The Bertz CT molecular complexity index is 525. The molecule has 2 rings (SSSR count). The second kappa shape index (κ2) is 6.23. The lowest BCUT2D eigenvalue weighted by Crippen LogP contribution is -2.09. The molecular formula is C17H19ClO. The molecule has 2 aromatic carbocycles. The number of aliphatic hydroxyl groups is 1. The molecule has 100 valence electrons. The largest absolute Gasteiger partial charge is 0.396 e. The zero-order valence-corrected chi connectivity index (χ0v) is 12.1. The molecule has 0 aliphatic carbocycles. The van der Waals surface area contributed by atoms with Crippen molar-refractivity contribution in [2.45, 2.75) is 26.2 Å². The van der Waals surface area contributed by atoms with Crippen molar-refractivity contribution in [1.82, 2.24) is 0 Å². The molecule has 1 atom stereocenters. The highest BCUT2D eigenvalue weighted by atomic mass is 35.5. The van der Waals surface area contributed by atoms with Crippen molar-refractivity contribution in [1.29, 1.82) is 0 Å². The van der Waals surface area contributed by atoms with Gasteiger partial charge in [0.25, 0.3) is 0 Å². The average Bonchev–Trinajstić information content (AvgIpc) is 2.40. The van der Waals surface area contributed by atoms with E-state index in [4.69, 9.17) is 11.6 Å². The van der Waals surface area contributed by atoms with Gasteiger partial charge in [0, 0.05) is 10.9 Å². The van der Waals surface area contributed by atoms with Crippen molar-refractivity contribution in [3.05, 3.63) is 69.7 Å². The van der Waals surface area contributed by atoms with Crippen LogP contribution in [0.5, 0.6) is 0 Å². The number of aryl methyl sites for hydroxylation is 2. The van der Waals surface area contributed by atoms with E-state index in [9.17, 15) is 5.11 Å². The van der Waals surface area contributed by atoms with Crippen molar-refractivity contribution in [3.8, 4) is 0 Å². The van der Waals surface area contributed by atoms with Crippen molar-refractivity contribution >= 4 is 11.6 Å². The standard InChI is InChI=1S/C17H19ClO/c1-12-4-3-5-13(2)17(12)10-15(11-19)14-6-8-16(18)9-7-14/h3-9,15,19H,10-11H2,1-2H3. The topological polar surface area (TPSA) is 20.2 Å². The normalized spacial score (nSPS) is 12.4. The Labute approximate surface area is 119 Å². The van der Waals surface area contributed by atoms with E-state index >= 15 is 0 Å². The predicted molar refractivity (Wildman–Crippen MR) is 80.9 cm³/mol. The average molecular weight is 275 g/mol. The van der Waals surface area contributed by atoms with Crippen LogP contribution in [0.2, 0.25) is 5.02 Å². The molecule has 0 spiro atoms. The smallest absolute Gasteiger partial charge is 0.0502 e. The molecule has 1 unspecified atom stereocenters. The zero-order valence-electron chi connectivity index (χ0n) is 11.4. The summed E-state index contributed by atoms with van der Waals surface area (Å²) in [6, 6.07) is 14.1. The Kier molecular flexibility index (Phi) is 4.62. The van der Waals surface area contributed by atoms with Gasteiger partial charge in [-0.3, -0.25) is 0 Å². The van der Waals surface area contributed by atoms with E-state index in [1.165, 1.54) is 16.7 Å². The molecule has 0 heterocycles. The fourth-order valence-electron chi connectivity index (χ4n) is 2.44. The van der Waals surface area contributed by atoms with Crippen LogP contribution < -0.4 is 0 Å². The highest BCUT2D eigenvalue weighted by Crippen LogP contribution is 2.25. The molecule has 19 heavy (non-hydrogen) atoms. The Morgan fingerprint density at radius 2 is 1.58 bits per heavy atom. The maximum Gasteiger partial charge on any atom is 0.0502 e. The van der Waals surface area contributed by atoms with Crippen LogP contribution in [0.4, 0.5) is 0 Å². The molecule has 2 heteroatoms. The Morgan fingerprint density at radius 3 is 2.11 bits per heavy atom. The third-order valence-corrected chi connectivity index (χ3v) is 3.91. The van der Waals surface area contributed by atoms with Gasteiger partial charge >= 0.3 is 0 Å². The summed E-state index contributed by atoms with van der Waals surface area (Å²) in [5, 5.41) is 10.4. The van der Waals surface area contributed by atoms with E-state index in [2.05, 4.69) is 32.0 Å². The zero-order chi connectivity index (χ0) is 13.8. The van der Waals surface area contributed by atoms with Gasteiger partial charge in [0.1, 0.15) is 0 Å². The fraction of sp³-hybridized carbons (Fsp3) is 0.294. The molecule has 0 fully saturated rings. The maximum atomic E-state index is 9.66. The van der Waals surface area contributed by atoms with E-state index in [1.807, 2.05) is 24.3 Å². The molecule has 0 amide bonds. The Balaban J connectivity index is 2.26. The van der Waals surface area contributed by atoms with Crippen molar-refractivity contribution in [3.63, 3.8) is 0 Å². The molecule has 0 saturated heterocycles. The highest BCUT2D eigenvalue weighted by molar-refractivity contribution is 6.30. The number of benzene rings is 2. The summed E-state index contributed by atoms with van der Waals surface area (Å²) in [5.41, 5.74) is 5.03. The molecule has 0 aliphatic rings. The molecule has 2 aromatic rings. The van der Waals surface area contributed by atoms with Crippen LogP contribution in [0, 0.1) is 13.8 Å². The van der Waals surface area contributed by atoms with Crippen LogP contribution in [0.15, 0.2) is 42.5 Å². The lowest BCUT2D eigenvalue weighted by molar-refractivity contribution is 0.264. The molecule has 0 radical (unpaired) electrons. The van der Waals surface area contributed by atoms with Gasteiger partial charge < -0.3 is 5.11 Å². The van der Waals surface area contributed by atoms with Crippen LogP contribution in [0.1, 0.15) is 28.2 Å². The SMILES string of the molecule is Cc1cccc(C)c1CC(CO)c1ccc(Cl)cc1. The molecule has 1 nitrogen and oxygen atoms in total. The van der Waals surface area contributed by atoms with Crippen LogP contribution in [-0.4, -0.2) is 11.7 Å². The summed E-state index contributed by atoms with van der Waals surface area (Å²) in [5.74, 6) is 0.122. The number of aliphatic hydroxyl groups excluding tert-OH is 1. The third-order valence-electron chi connectivity index (χ3n) is 3.66. The number of hydrogen-bond donors (Lipinski definition) is 1. The second-order valence-corrected chi connectivity index (χ2v) is 5.44. The maximum absolute atomic E-state index is 9.66. The summed E-state index contributed by atoms with van der Waals surface area (Å²) in [6.45, 7) is 4.40. The molecule has 0 saturated carbocycles. The monoisotopic (exact) mass is 274 g/mol. The number of rotatable bonds is 4. The Morgan fingerprint density at radius 1 is 1.00 bits per heavy atom. The first kappa shape index (κ1) is 14.1. The van der Waals surface area contributed by atoms with Gasteiger partial charge in [-0.15, -0.1) is 0 Å². The van der Waals surface area contributed by atoms with Crippen molar-refractivity contribution < 1.29 is 5.11 Å². The molecular weight excluding hydrogens is 256 g/mol. The molecule has 0 bridgehead atoms. The van der Waals surface area contributed by atoms with Gasteiger partial charge in [-0.1, -0.05) is 41.9 Å². The predicted octanol–water partition coefficient (Wildman–Crippen LogP) is 4.28. The minimum atomic E-state index is 0.122. The van der Waals surface area contributed by atoms with E-state index in [0.717, 1.165) is 17.0 Å². The summed E-state index contributed by atoms with van der Waals surface area (Å²) in [4.78, 5) is 0. The summed E-state index contributed by atoms with van der Waals surface area (Å²) in [7, 11) is 0. The quantitative estimate of drug-likeness (QED) is 0.882. The first-order chi connectivity index (χ1) is 9.11. The van der Waals surface area contributed by atoms with Gasteiger partial charge in [0.2, 0.25) is 0 Å². The van der Waals surface area contributed by atoms with Gasteiger partial charge in [-0.25, -0.2) is 0 Å². The molecule has 1 N–H and O–H groups in total. The summed E-state index contributed by atoms with van der Waals surface area (Å²) in [6.07, 6.45) is 0.858. The molecule has 0 aliphatic heterocycles. The minimum Gasteiger partial charge on any atom is -0.396 e. The molecule has 0 aromatic heterocycles. The lowest BCUT2D eigenvalue weighted by Gasteiger charge is -2.18. The van der Waals surface area contributed by atoms with Gasteiger partial charge in [0.15, 0.2) is 0 Å². The third kappa shape index (κ3) is 3.37. The van der Waals surface area contributed by atoms with Crippen LogP contribution in [-0.2, 0) is 6.42 Å². The summed E-state index contributed by atoms with van der Waals surface area (Å²) >= 11 is 5.91. The number of halogens is 1. The van der Waals surface area contributed by atoms with E-state index in [-0.39, 0.29) is 12.5 Å². The van der Waals surface area contributed by atoms with E-state index in [1.54, 1.807) is 0 Å². The van der Waals surface area contributed by atoms with Gasteiger partial charge in [-0.2, -0.15) is 0 Å². The first-order valence-corrected chi connectivity index (χ1v) is 6.91.